The van der Waals surface area contributed by atoms with Crippen LogP contribution in [0.5, 0.6) is 0 Å². The predicted octanol–water partition coefficient (Wildman–Crippen LogP) is 1.22. The molecule has 0 radical (unpaired) electrons. The fourth-order valence-electron chi connectivity index (χ4n) is 2.72. The maximum atomic E-state index is 11.1. The average molecular weight is 255 g/mol. The second kappa shape index (κ2) is 8.48. The van der Waals surface area contributed by atoms with Crippen LogP contribution in [0.1, 0.15) is 39.5 Å². The van der Waals surface area contributed by atoms with E-state index < -0.39 is 0 Å². The minimum atomic E-state index is 0.117. The molecule has 18 heavy (non-hydrogen) atoms. The van der Waals surface area contributed by atoms with Crippen molar-refractivity contribution in [3.8, 4) is 0 Å². The predicted molar refractivity (Wildman–Crippen MR) is 75.6 cm³/mol. The number of carbonyl (C=O) groups is 1. The first-order valence-electron chi connectivity index (χ1n) is 7.33. The topological polar surface area (TPSA) is 44.4 Å². The molecule has 1 fully saturated rings. The number of nitrogens with zero attached hydrogens (tertiary/aromatic N) is 1. The maximum absolute atomic E-state index is 11.1. The molecule has 0 spiro atoms. The molecule has 1 aliphatic rings. The second-order valence-electron chi connectivity index (χ2n) is 5.37. The van der Waals surface area contributed by atoms with Crippen LogP contribution in [-0.4, -0.2) is 50.1 Å². The molecule has 1 aliphatic heterocycles. The van der Waals surface area contributed by atoms with Crippen molar-refractivity contribution in [3.05, 3.63) is 0 Å². The van der Waals surface area contributed by atoms with Crippen LogP contribution < -0.4 is 10.6 Å². The first kappa shape index (κ1) is 15.4. The summed E-state index contributed by atoms with van der Waals surface area (Å²) in [6, 6.07) is 0.509. The number of likely N-dealkylation sites (tertiary alicyclic amines) is 1. The molecule has 1 saturated heterocycles. The van der Waals surface area contributed by atoms with E-state index in [0.717, 1.165) is 12.5 Å². The molecule has 106 valence electrons. The third kappa shape index (κ3) is 5.36. The highest BCUT2D eigenvalue weighted by molar-refractivity contribution is 5.75. The van der Waals surface area contributed by atoms with Crippen molar-refractivity contribution in [2.24, 2.45) is 5.92 Å². The molecule has 0 aromatic carbocycles. The molecular weight excluding hydrogens is 226 g/mol. The molecule has 0 aromatic rings. The van der Waals surface area contributed by atoms with Crippen LogP contribution in [0.3, 0.4) is 0 Å². The van der Waals surface area contributed by atoms with Gasteiger partial charge >= 0.3 is 0 Å². The smallest absolute Gasteiger partial charge is 0.221 e. The Morgan fingerprint density at radius 1 is 1.50 bits per heavy atom. The summed E-state index contributed by atoms with van der Waals surface area (Å²) in [6.45, 7) is 8.97. The lowest BCUT2D eigenvalue weighted by molar-refractivity contribution is -0.120. The van der Waals surface area contributed by atoms with Crippen molar-refractivity contribution in [1.29, 1.82) is 0 Å². The number of nitrogens with one attached hydrogen (secondary N) is 2. The van der Waals surface area contributed by atoms with Gasteiger partial charge in [0, 0.05) is 32.6 Å². The molecule has 2 N–H and O–H groups in total. The highest BCUT2D eigenvalue weighted by atomic mass is 16.1. The minimum Gasteiger partial charge on any atom is -0.359 e. The minimum absolute atomic E-state index is 0.117. The quantitative estimate of drug-likeness (QED) is 0.719. The molecular formula is C14H29N3O. The van der Waals surface area contributed by atoms with E-state index in [1.54, 1.807) is 7.05 Å². The summed E-state index contributed by atoms with van der Waals surface area (Å²) >= 11 is 0. The average Bonchev–Trinajstić information content (AvgIpc) is 2.39. The number of amides is 1. The van der Waals surface area contributed by atoms with Crippen molar-refractivity contribution in [2.45, 2.75) is 45.6 Å². The lowest BCUT2D eigenvalue weighted by Gasteiger charge is -2.36. The van der Waals surface area contributed by atoms with Gasteiger partial charge in [-0.3, -0.25) is 4.79 Å². The Kier molecular flexibility index (Phi) is 7.28. The van der Waals surface area contributed by atoms with Gasteiger partial charge in [0.15, 0.2) is 0 Å². The third-order valence-corrected chi connectivity index (χ3v) is 3.89. The summed E-state index contributed by atoms with van der Waals surface area (Å²) in [4.78, 5) is 13.7. The van der Waals surface area contributed by atoms with Crippen LogP contribution in [0, 0.1) is 5.92 Å². The van der Waals surface area contributed by atoms with Gasteiger partial charge in [-0.1, -0.05) is 6.92 Å². The van der Waals surface area contributed by atoms with Gasteiger partial charge in [-0.05, 0) is 45.2 Å². The molecule has 1 amide bonds. The van der Waals surface area contributed by atoms with Crippen LogP contribution in [0.2, 0.25) is 0 Å². The number of carbonyl (C=O) groups excluding carboxylic acids is 1. The van der Waals surface area contributed by atoms with Crippen LogP contribution in [-0.2, 0) is 4.79 Å². The standard InChI is InChI=1S/C14H29N3O/c1-4-9-17-10-5-6-13(11-17)12(2)16-8-7-14(18)15-3/h12-13,16H,4-11H2,1-3H3,(H,15,18). The summed E-state index contributed by atoms with van der Waals surface area (Å²) in [7, 11) is 1.69. The summed E-state index contributed by atoms with van der Waals surface area (Å²) in [5, 5.41) is 6.15. The summed E-state index contributed by atoms with van der Waals surface area (Å²) in [5.74, 6) is 0.848. The maximum Gasteiger partial charge on any atom is 0.221 e. The van der Waals surface area contributed by atoms with Crippen LogP contribution in [0.4, 0.5) is 0 Å². The third-order valence-electron chi connectivity index (χ3n) is 3.89. The molecule has 0 saturated carbocycles. The van der Waals surface area contributed by atoms with Gasteiger partial charge < -0.3 is 15.5 Å². The van der Waals surface area contributed by atoms with Crippen molar-refractivity contribution in [2.75, 3.05) is 33.2 Å². The Balaban J connectivity index is 2.23. The van der Waals surface area contributed by atoms with E-state index in [1.807, 2.05) is 0 Å². The molecule has 2 unspecified atom stereocenters. The fourth-order valence-corrected chi connectivity index (χ4v) is 2.72. The lowest BCUT2D eigenvalue weighted by atomic mass is 9.91. The van der Waals surface area contributed by atoms with E-state index in [9.17, 15) is 4.79 Å². The summed E-state index contributed by atoms with van der Waals surface area (Å²) < 4.78 is 0. The number of piperidine rings is 1. The van der Waals surface area contributed by atoms with Crippen molar-refractivity contribution < 1.29 is 4.79 Å². The second-order valence-corrected chi connectivity index (χ2v) is 5.37. The zero-order chi connectivity index (χ0) is 13.4. The normalized spacial score (nSPS) is 22.7. The Bertz CT molecular complexity index is 243. The SMILES string of the molecule is CCCN1CCCC(C(C)NCCC(=O)NC)C1. The van der Waals surface area contributed by atoms with E-state index in [2.05, 4.69) is 29.4 Å². The first-order valence-corrected chi connectivity index (χ1v) is 7.33. The lowest BCUT2D eigenvalue weighted by Crippen LogP contribution is -2.45. The fraction of sp³-hybridized carbons (Fsp3) is 0.929. The first-order chi connectivity index (χ1) is 8.67. The molecule has 0 bridgehead atoms. The van der Waals surface area contributed by atoms with Crippen LogP contribution >= 0.6 is 0 Å². The molecule has 4 heteroatoms. The molecule has 1 rings (SSSR count). The number of hydrogen-bond acceptors (Lipinski definition) is 3. The zero-order valence-electron chi connectivity index (χ0n) is 12.2. The largest absolute Gasteiger partial charge is 0.359 e. The molecule has 2 atom stereocenters. The van der Waals surface area contributed by atoms with Gasteiger partial charge in [0.1, 0.15) is 0 Å². The highest BCUT2D eigenvalue weighted by Crippen LogP contribution is 2.19. The van der Waals surface area contributed by atoms with E-state index in [0.29, 0.717) is 12.5 Å². The Hall–Kier alpha value is -0.610. The van der Waals surface area contributed by atoms with Gasteiger partial charge in [0.2, 0.25) is 5.91 Å². The monoisotopic (exact) mass is 255 g/mol. The van der Waals surface area contributed by atoms with E-state index in [1.165, 1.54) is 38.9 Å². The highest BCUT2D eigenvalue weighted by Gasteiger charge is 2.23. The van der Waals surface area contributed by atoms with Crippen molar-refractivity contribution in [3.63, 3.8) is 0 Å². The van der Waals surface area contributed by atoms with Gasteiger partial charge in [0.05, 0.1) is 0 Å². The Labute approximate surface area is 111 Å². The molecule has 4 nitrogen and oxygen atoms in total. The van der Waals surface area contributed by atoms with Crippen LogP contribution in [0.25, 0.3) is 0 Å². The van der Waals surface area contributed by atoms with E-state index >= 15 is 0 Å². The number of rotatable bonds is 7. The van der Waals surface area contributed by atoms with Gasteiger partial charge in [-0.25, -0.2) is 0 Å². The van der Waals surface area contributed by atoms with E-state index in [4.69, 9.17) is 0 Å². The molecule has 0 aromatic heterocycles. The van der Waals surface area contributed by atoms with E-state index in [-0.39, 0.29) is 5.91 Å². The van der Waals surface area contributed by atoms with Crippen LogP contribution in [0.15, 0.2) is 0 Å². The Morgan fingerprint density at radius 3 is 2.94 bits per heavy atom. The molecule has 1 heterocycles. The van der Waals surface area contributed by atoms with Gasteiger partial charge in [-0.15, -0.1) is 0 Å². The number of hydrogen-bond donors (Lipinski definition) is 2. The van der Waals surface area contributed by atoms with Gasteiger partial charge in [0.25, 0.3) is 0 Å². The van der Waals surface area contributed by atoms with Crippen molar-refractivity contribution >= 4 is 5.91 Å². The zero-order valence-corrected chi connectivity index (χ0v) is 12.2. The summed E-state index contributed by atoms with van der Waals surface area (Å²) in [6.07, 6.45) is 4.44. The Morgan fingerprint density at radius 2 is 2.28 bits per heavy atom. The summed E-state index contributed by atoms with van der Waals surface area (Å²) in [5.41, 5.74) is 0. The van der Waals surface area contributed by atoms with Crippen molar-refractivity contribution in [1.82, 2.24) is 15.5 Å². The van der Waals surface area contributed by atoms with Gasteiger partial charge in [-0.2, -0.15) is 0 Å². The molecule has 0 aliphatic carbocycles.